The molecule has 0 N–H and O–H groups in total. The molecule has 37 heavy (non-hydrogen) atoms. The Balaban J connectivity index is 0.000000128. The number of rotatable bonds is 0. The summed E-state index contributed by atoms with van der Waals surface area (Å²) in [5.41, 5.74) is 11.2. The molecule has 0 aromatic heterocycles. The standard InChI is InChI=1S/C15H12Br2.C13H8Br2.C4H8O/c1-15(2)13-5-3-9(16)7-11(13)12-8-10(17)4-6-14(12)15;14-10-3-1-8-5-9-2-4-11(15)7-13(9)12(8)6-10;1-2-4-5-3-1/h3-8H,1-2H3;1-4,6-7H,5H2;1-4H2. The molecule has 2 aliphatic carbocycles. The van der Waals surface area contributed by atoms with Gasteiger partial charge in [-0.3, -0.25) is 0 Å². The predicted octanol–water partition coefficient (Wildman–Crippen LogP) is 11.1. The summed E-state index contributed by atoms with van der Waals surface area (Å²) in [6, 6.07) is 26.2. The van der Waals surface area contributed by atoms with Crippen LogP contribution in [-0.2, 0) is 16.6 Å². The molecular weight excluding hydrogens is 720 g/mol. The molecule has 0 radical (unpaired) electrons. The van der Waals surface area contributed by atoms with Crippen molar-refractivity contribution >= 4 is 63.7 Å². The third kappa shape index (κ3) is 5.86. The molecule has 1 aliphatic heterocycles. The lowest BCUT2D eigenvalue weighted by molar-refractivity contribution is 0.198. The summed E-state index contributed by atoms with van der Waals surface area (Å²) in [4.78, 5) is 0. The molecule has 0 spiro atoms. The van der Waals surface area contributed by atoms with Crippen LogP contribution in [0.2, 0.25) is 0 Å². The van der Waals surface area contributed by atoms with Crippen LogP contribution in [0, 0.1) is 0 Å². The minimum atomic E-state index is 0.103. The van der Waals surface area contributed by atoms with Gasteiger partial charge in [-0.25, -0.2) is 0 Å². The summed E-state index contributed by atoms with van der Waals surface area (Å²) in [5.74, 6) is 0. The van der Waals surface area contributed by atoms with Crippen molar-refractivity contribution < 1.29 is 4.74 Å². The monoisotopic (exact) mass is 744 g/mol. The van der Waals surface area contributed by atoms with E-state index >= 15 is 0 Å². The van der Waals surface area contributed by atoms with Gasteiger partial charge in [-0.15, -0.1) is 0 Å². The first-order valence-electron chi connectivity index (χ1n) is 12.5. The van der Waals surface area contributed by atoms with E-state index in [1.165, 1.54) is 57.3 Å². The average molecular weight is 748 g/mol. The minimum absolute atomic E-state index is 0.103. The third-order valence-corrected chi connectivity index (χ3v) is 9.22. The molecule has 3 aliphatic rings. The Morgan fingerprint density at radius 3 is 1.30 bits per heavy atom. The molecular formula is C32H28Br4O. The van der Waals surface area contributed by atoms with E-state index in [9.17, 15) is 0 Å². The Kier molecular flexibility index (Phi) is 8.48. The van der Waals surface area contributed by atoms with Crippen molar-refractivity contribution in [2.75, 3.05) is 13.2 Å². The van der Waals surface area contributed by atoms with Crippen LogP contribution in [0.4, 0.5) is 0 Å². The van der Waals surface area contributed by atoms with Crippen molar-refractivity contribution in [2.24, 2.45) is 0 Å². The zero-order chi connectivity index (χ0) is 26.2. The zero-order valence-electron chi connectivity index (χ0n) is 20.9. The first-order chi connectivity index (χ1) is 17.7. The van der Waals surface area contributed by atoms with E-state index < -0.39 is 0 Å². The largest absolute Gasteiger partial charge is 0.381 e. The lowest BCUT2D eigenvalue weighted by atomic mass is 9.82. The Bertz CT molecular complexity index is 1340. The second-order valence-corrected chi connectivity index (χ2v) is 13.8. The second-order valence-electron chi connectivity index (χ2n) is 10.1. The van der Waals surface area contributed by atoms with E-state index in [0.717, 1.165) is 37.5 Å². The quantitative estimate of drug-likeness (QED) is 0.153. The highest BCUT2D eigenvalue weighted by Gasteiger charge is 2.35. The summed E-state index contributed by atoms with van der Waals surface area (Å²) in [6.45, 7) is 6.58. The minimum Gasteiger partial charge on any atom is -0.381 e. The summed E-state index contributed by atoms with van der Waals surface area (Å²) in [7, 11) is 0. The van der Waals surface area contributed by atoms with Crippen LogP contribution >= 0.6 is 63.7 Å². The molecule has 0 saturated carbocycles. The molecule has 4 aromatic rings. The Morgan fingerprint density at radius 1 is 0.541 bits per heavy atom. The average Bonchev–Trinajstić information content (AvgIpc) is 3.60. The molecule has 1 heterocycles. The molecule has 0 atom stereocenters. The number of halogens is 4. The Morgan fingerprint density at radius 2 is 0.919 bits per heavy atom. The van der Waals surface area contributed by atoms with Gasteiger partial charge in [-0.05, 0) is 112 Å². The third-order valence-electron chi connectivity index (χ3n) is 7.24. The second kappa shape index (κ2) is 11.5. The van der Waals surface area contributed by atoms with Crippen molar-refractivity contribution in [3.05, 3.63) is 113 Å². The first-order valence-corrected chi connectivity index (χ1v) is 15.7. The van der Waals surface area contributed by atoms with Gasteiger partial charge in [-0.2, -0.15) is 0 Å². The molecule has 1 saturated heterocycles. The molecule has 5 heteroatoms. The number of hydrogen-bond donors (Lipinski definition) is 0. The van der Waals surface area contributed by atoms with Crippen molar-refractivity contribution in [3.63, 3.8) is 0 Å². The van der Waals surface area contributed by atoms with Crippen LogP contribution < -0.4 is 0 Å². The van der Waals surface area contributed by atoms with Crippen molar-refractivity contribution in [1.82, 2.24) is 0 Å². The Hall–Kier alpha value is -1.24. The maximum absolute atomic E-state index is 4.94. The highest BCUT2D eigenvalue weighted by Crippen LogP contribution is 2.49. The topological polar surface area (TPSA) is 9.23 Å². The maximum atomic E-state index is 4.94. The predicted molar refractivity (Wildman–Crippen MR) is 170 cm³/mol. The smallest absolute Gasteiger partial charge is 0.0466 e. The van der Waals surface area contributed by atoms with Gasteiger partial charge < -0.3 is 4.74 Å². The molecule has 190 valence electrons. The van der Waals surface area contributed by atoms with Crippen LogP contribution in [0.25, 0.3) is 22.3 Å². The number of benzene rings is 4. The van der Waals surface area contributed by atoms with Gasteiger partial charge in [0, 0.05) is 36.5 Å². The summed E-state index contributed by atoms with van der Waals surface area (Å²) in [6.07, 6.45) is 3.62. The fraction of sp³-hybridized carbons (Fsp3) is 0.250. The molecule has 7 rings (SSSR count). The van der Waals surface area contributed by atoms with E-state index in [-0.39, 0.29) is 5.41 Å². The molecule has 4 aromatic carbocycles. The molecule has 0 amide bonds. The van der Waals surface area contributed by atoms with Gasteiger partial charge in [0.1, 0.15) is 0 Å². The highest BCUT2D eigenvalue weighted by molar-refractivity contribution is 9.11. The van der Waals surface area contributed by atoms with Crippen molar-refractivity contribution in [2.45, 2.75) is 38.5 Å². The number of ether oxygens (including phenoxy) is 1. The Labute approximate surface area is 253 Å². The fourth-order valence-corrected chi connectivity index (χ4v) is 6.78. The fourth-order valence-electron chi connectivity index (χ4n) is 5.34. The van der Waals surface area contributed by atoms with Crippen LogP contribution in [0.3, 0.4) is 0 Å². The summed E-state index contributed by atoms with van der Waals surface area (Å²) in [5, 5.41) is 0. The zero-order valence-corrected chi connectivity index (χ0v) is 27.2. The van der Waals surface area contributed by atoms with E-state index in [2.05, 4.69) is 150 Å². The van der Waals surface area contributed by atoms with Gasteiger partial charge in [0.25, 0.3) is 0 Å². The lowest BCUT2D eigenvalue weighted by Crippen LogP contribution is -2.14. The van der Waals surface area contributed by atoms with Crippen LogP contribution in [0.1, 0.15) is 48.9 Å². The molecule has 1 fully saturated rings. The van der Waals surface area contributed by atoms with Gasteiger partial charge in [-0.1, -0.05) is 102 Å². The molecule has 0 unspecified atom stereocenters. The van der Waals surface area contributed by atoms with Crippen LogP contribution in [-0.4, -0.2) is 13.2 Å². The van der Waals surface area contributed by atoms with Crippen LogP contribution in [0.5, 0.6) is 0 Å². The van der Waals surface area contributed by atoms with E-state index in [1.807, 2.05) is 0 Å². The van der Waals surface area contributed by atoms with Crippen molar-refractivity contribution in [3.8, 4) is 22.3 Å². The van der Waals surface area contributed by atoms with Gasteiger partial charge in [0.15, 0.2) is 0 Å². The number of fused-ring (bicyclic) bond motifs is 6. The normalized spacial score (nSPS) is 15.4. The lowest BCUT2D eigenvalue weighted by Gasteiger charge is -2.21. The highest BCUT2D eigenvalue weighted by atomic mass is 79.9. The molecule has 1 nitrogen and oxygen atoms in total. The summed E-state index contributed by atoms with van der Waals surface area (Å²) < 4.78 is 9.52. The number of hydrogen-bond acceptors (Lipinski definition) is 1. The van der Waals surface area contributed by atoms with E-state index in [0.29, 0.717) is 0 Å². The van der Waals surface area contributed by atoms with Gasteiger partial charge in [0.2, 0.25) is 0 Å². The SMILES string of the molecule is Brc1ccc2c(c1)-c1cc(Br)ccc1C2.C1CCOC1.CC1(C)c2ccc(Br)cc2-c2cc(Br)ccc21. The maximum Gasteiger partial charge on any atom is 0.0466 e. The van der Waals surface area contributed by atoms with Gasteiger partial charge in [0.05, 0.1) is 0 Å². The van der Waals surface area contributed by atoms with Crippen molar-refractivity contribution in [1.29, 1.82) is 0 Å². The first kappa shape index (κ1) is 27.3. The molecule has 0 bridgehead atoms. The summed E-state index contributed by atoms with van der Waals surface area (Å²) >= 11 is 14.2. The van der Waals surface area contributed by atoms with E-state index in [1.54, 1.807) is 0 Å². The van der Waals surface area contributed by atoms with E-state index in [4.69, 9.17) is 4.74 Å². The van der Waals surface area contributed by atoms with Crippen LogP contribution in [0.15, 0.2) is 90.7 Å². The van der Waals surface area contributed by atoms with Gasteiger partial charge >= 0.3 is 0 Å².